The molecule has 0 aliphatic carbocycles. The van der Waals surface area contributed by atoms with Gasteiger partial charge in [-0.3, -0.25) is 0 Å². The molecule has 2 heterocycles. The monoisotopic (exact) mass is 248 g/mol. The first-order chi connectivity index (χ1) is 8.50. The van der Waals surface area contributed by atoms with Gasteiger partial charge in [-0.1, -0.05) is 26.0 Å². The van der Waals surface area contributed by atoms with Gasteiger partial charge in [0.15, 0.2) is 0 Å². The van der Waals surface area contributed by atoms with Crippen LogP contribution in [0.2, 0.25) is 0 Å². The minimum atomic E-state index is -0.318. The first-order valence-corrected chi connectivity index (χ1v) is 6.82. The highest BCUT2D eigenvalue weighted by Crippen LogP contribution is 2.30. The summed E-state index contributed by atoms with van der Waals surface area (Å²) in [5, 5.41) is 10.3. The quantitative estimate of drug-likeness (QED) is 0.828. The number of hydrogen-bond donors (Lipinski definition) is 1. The van der Waals surface area contributed by atoms with Gasteiger partial charge < -0.3 is 14.9 Å². The summed E-state index contributed by atoms with van der Waals surface area (Å²) < 4.78 is 0. The van der Waals surface area contributed by atoms with E-state index in [1.807, 2.05) is 0 Å². The second-order valence-electron chi connectivity index (χ2n) is 5.80. The predicted octanol–water partition coefficient (Wildman–Crippen LogP) is 2.67. The maximum atomic E-state index is 10.3. The van der Waals surface area contributed by atoms with Crippen molar-refractivity contribution in [3.05, 3.63) is 36.4 Å². The number of fused-ring (bicyclic) bond motifs is 1. The first kappa shape index (κ1) is 13.2. The minimum Gasteiger partial charge on any atom is -0.391 e. The zero-order valence-corrected chi connectivity index (χ0v) is 11.7. The van der Waals surface area contributed by atoms with Crippen LogP contribution in [-0.2, 0) is 0 Å². The van der Waals surface area contributed by atoms with Crippen molar-refractivity contribution < 1.29 is 5.11 Å². The molecule has 2 aliphatic rings. The maximum Gasteiger partial charge on any atom is 0.113 e. The molecule has 0 aromatic rings. The number of hydrogen-bond acceptors (Lipinski definition) is 3. The summed E-state index contributed by atoms with van der Waals surface area (Å²) in [6, 6.07) is 0.499. The second kappa shape index (κ2) is 5.19. The maximum absolute atomic E-state index is 10.3. The van der Waals surface area contributed by atoms with Crippen molar-refractivity contribution in [3.63, 3.8) is 0 Å². The zero-order valence-electron chi connectivity index (χ0n) is 11.7. The Kier molecular flexibility index (Phi) is 3.81. The molecule has 0 spiro atoms. The van der Waals surface area contributed by atoms with E-state index < -0.39 is 0 Å². The fraction of sp³-hybridized carbons (Fsp3) is 0.600. The van der Waals surface area contributed by atoms with Crippen LogP contribution in [0.1, 0.15) is 34.1 Å². The first-order valence-electron chi connectivity index (χ1n) is 6.82. The van der Waals surface area contributed by atoms with Crippen molar-refractivity contribution in [2.24, 2.45) is 5.92 Å². The molecule has 1 N–H and O–H groups in total. The van der Waals surface area contributed by atoms with Gasteiger partial charge in [0.2, 0.25) is 0 Å². The summed E-state index contributed by atoms with van der Waals surface area (Å²) in [6.45, 7) is 8.64. The van der Waals surface area contributed by atoms with Gasteiger partial charge in [-0.15, -0.1) is 0 Å². The fourth-order valence-electron chi connectivity index (χ4n) is 2.57. The van der Waals surface area contributed by atoms with Gasteiger partial charge in [0.25, 0.3) is 0 Å². The Morgan fingerprint density at radius 2 is 1.94 bits per heavy atom. The molecule has 2 atom stereocenters. The van der Waals surface area contributed by atoms with E-state index in [9.17, 15) is 5.11 Å². The molecule has 0 bridgehead atoms. The van der Waals surface area contributed by atoms with Crippen molar-refractivity contribution in [1.29, 1.82) is 0 Å². The van der Waals surface area contributed by atoms with E-state index in [0.717, 1.165) is 6.42 Å². The number of allylic oxidation sites excluding steroid dienone is 2. The van der Waals surface area contributed by atoms with E-state index in [4.69, 9.17) is 0 Å². The largest absolute Gasteiger partial charge is 0.391 e. The molecule has 0 saturated carbocycles. The third-order valence-corrected chi connectivity index (χ3v) is 3.46. The van der Waals surface area contributed by atoms with Crippen LogP contribution in [0.25, 0.3) is 0 Å². The smallest absolute Gasteiger partial charge is 0.113 e. The molecule has 0 aromatic carbocycles. The van der Waals surface area contributed by atoms with Crippen LogP contribution >= 0.6 is 0 Å². The second-order valence-corrected chi connectivity index (χ2v) is 5.80. The Bertz CT molecular complexity index is 382. The van der Waals surface area contributed by atoms with Gasteiger partial charge >= 0.3 is 0 Å². The van der Waals surface area contributed by atoms with Gasteiger partial charge in [0.1, 0.15) is 5.82 Å². The molecule has 2 aliphatic heterocycles. The third-order valence-electron chi connectivity index (χ3n) is 3.46. The summed E-state index contributed by atoms with van der Waals surface area (Å²) >= 11 is 0. The molecule has 0 radical (unpaired) electrons. The van der Waals surface area contributed by atoms with Gasteiger partial charge in [-0.2, -0.15) is 0 Å². The Morgan fingerprint density at radius 3 is 2.56 bits per heavy atom. The molecule has 100 valence electrons. The van der Waals surface area contributed by atoms with Crippen molar-refractivity contribution in [3.8, 4) is 0 Å². The summed E-state index contributed by atoms with van der Waals surface area (Å²) in [6.07, 6.45) is 10.9. The Morgan fingerprint density at radius 1 is 1.22 bits per heavy atom. The lowest BCUT2D eigenvalue weighted by atomic mass is 9.97. The molecule has 2 rings (SSSR count). The number of rotatable bonds is 4. The molecular formula is C15H24N2O. The summed E-state index contributed by atoms with van der Waals surface area (Å²) in [7, 11) is 0. The lowest BCUT2D eigenvalue weighted by Crippen LogP contribution is -2.42. The number of nitrogens with zero attached hydrogens (tertiary/aromatic N) is 2. The Labute approximate surface area is 110 Å². The van der Waals surface area contributed by atoms with Crippen molar-refractivity contribution >= 4 is 0 Å². The molecule has 3 nitrogen and oxygen atoms in total. The van der Waals surface area contributed by atoms with Gasteiger partial charge in [-0.25, -0.2) is 0 Å². The molecule has 0 aromatic heterocycles. The van der Waals surface area contributed by atoms with Crippen LogP contribution < -0.4 is 0 Å². The molecule has 0 fully saturated rings. The highest BCUT2D eigenvalue weighted by molar-refractivity contribution is 5.28. The van der Waals surface area contributed by atoms with Crippen LogP contribution in [0.15, 0.2) is 36.4 Å². The number of aliphatic hydroxyl groups excluding tert-OH is 1. The highest BCUT2D eigenvalue weighted by Gasteiger charge is 2.32. The van der Waals surface area contributed by atoms with Crippen molar-refractivity contribution in [1.82, 2.24) is 9.80 Å². The van der Waals surface area contributed by atoms with Crippen LogP contribution in [0.3, 0.4) is 0 Å². The molecular weight excluding hydrogens is 224 g/mol. The molecule has 2 unspecified atom stereocenters. The van der Waals surface area contributed by atoms with Crippen molar-refractivity contribution in [2.75, 3.05) is 0 Å². The predicted molar refractivity (Wildman–Crippen MR) is 74.4 cm³/mol. The average molecular weight is 248 g/mol. The fourth-order valence-corrected chi connectivity index (χ4v) is 2.57. The van der Waals surface area contributed by atoms with Crippen LogP contribution in [0.4, 0.5) is 0 Å². The SMILES string of the molecule is CC(C)CC(O)C1C=CC=C2N(C(C)C)C=CN21. The summed E-state index contributed by atoms with van der Waals surface area (Å²) in [5.41, 5.74) is 0. The molecule has 18 heavy (non-hydrogen) atoms. The van der Waals surface area contributed by atoms with E-state index in [-0.39, 0.29) is 12.1 Å². The van der Waals surface area contributed by atoms with Crippen LogP contribution in [0.5, 0.6) is 0 Å². The molecule has 3 heteroatoms. The Balaban J connectivity index is 2.12. The average Bonchev–Trinajstić information content (AvgIpc) is 2.71. The Hall–Kier alpha value is -1.22. The lowest BCUT2D eigenvalue weighted by molar-refractivity contribution is 0.0848. The van der Waals surface area contributed by atoms with Crippen molar-refractivity contribution in [2.45, 2.75) is 52.3 Å². The van der Waals surface area contributed by atoms with E-state index in [1.165, 1.54) is 5.82 Å². The number of aliphatic hydroxyl groups is 1. The van der Waals surface area contributed by atoms with E-state index in [1.54, 1.807) is 0 Å². The normalized spacial score (nSPS) is 23.9. The minimum absolute atomic E-state index is 0.0624. The van der Waals surface area contributed by atoms with Gasteiger partial charge in [0.05, 0.1) is 12.1 Å². The standard InChI is InChI=1S/C15H24N2O/c1-11(2)10-14(18)13-6-5-7-15-16(12(3)4)8-9-17(13)15/h5-9,11-14,18H,10H2,1-4H3. The summed E-state index contributed by atoms with van der Waals surface area (Å²) in [4.78, 5) is 4.41. The third kappa shape index (κ3) is 2.46. The van der Waals surface area contributed by atoms with Crippen LogP contribution in [-0.4, -0.2) is 33.1 Å². The summed E-state index contributed by atoms with van der Waals surface area (Å²) in [5.74, 6) is 1.68. The van der Waals surface area contributed by atoms with E-state index in [0.29, 0.717) is 12.0 Å². The van der Waals surface area contributed by atoms with Crippen LogP contribution in [0, 0.1) is 5.92 Å². The zero-order chi connectivity index (χ0) is 13.3. The molecule has 0 amide bonds. The highest BCUT2D eigenvalue weighted by atomic mass is 16.3. The molecule has 0 saturated heterocycles. The topological polar surface area (TPSA) is 26.7 Å². The van der Waals surface area contributed by atoms with Gasteiger partial charge in [-0.05, 0) is 32.3 Å². The van der Waals surface area contributed by atoms with E-state index in [2.05, 4.69) is 68.1 Å². The lowest BCUT2D eigenvalue weighted by Gasteiger charge is -2.36. The van der Waals surface area contributed by atoms with Gasteiger partial charge in [0, 0.05) is 18.4 Å². The van der Waals surface area contributed by atoms with E-state index >= 15 is 0 Å².